The number of hydrogen-bond acceptors (Lipinski definition) is 4. The molecular formula is C16H20FN5O. The van der Waals surface area contributed by atoms with Crippen LogP contribution in [0.2, 0.25) is 0 Å². The van der Waals surface area contributed by atoms with Crippen LogP contribution in [0.15, 0.2) is 30.6 Å². The van der Waals surface area contributed by atoms with Crippen molar-refractivity contribution in [2.75, 3.05) is 24.1 Å². The number of benzene rings is 1. The van der Waals surface area contributed by atoms with Gasteiger partial charge in [-0.1, -0.05) is 0 Å². The number of nitrogens with zero attached hydrogens (tertiary/aromatic N) is 2. The van der Waals surface area contributed by atoms with Crippen molar-refractivity contribution < 1.29 is 9.18 Å². The molecule has 1 saturated heterocycles. The number of halogens is 1. The summed E-state index contributed by atoms with van der Waals surface area (Å²) in [5.74, 6) is -0.697. The van der Waals surface area contributed by atoms with Gasteiger partial charge in [-0.3, -0.25) is 14.8 Å². The highest BCUT2D eigenvalue weighted by atomic mass is 19.1. The van der Waals surface area contributed by atoms with Gasteiger partial charge in [0.2, 0.25) is 5.91 Å². The number of nitrogens with two attached hydrogens (primary N) is 1. The first-order chi connectivity index (χ1) is 11.1. The first kappa shape index (κ1) is 15.5. The number of aromatic nitrogens is 2. The third-order valence-electron chi connectivity index (χ3n) is 4.16. The Balaban J connectivity index is 1.55. The maximum absolute atomic E-state index is 13.6. The Hall–Kier alpha value is -2.41. The molecule has 0 aliphatic carbocycles. The van der Waals surface area contributed by atoms with Gasteiger partial charge in [-0.15, -0.1) is 0 Å². The van der Waals surface area contributed by atoms with Crippen molar-refractivity contribution in [3.8, 4) is 0 Å². The molecule has 3 rings (SSSR count). The van der Waals surface area contributed by atoms with Crippen LogP contribution in [0.5, 0.6) is 0 Å². The van der Waals surface area contributed by atoms with Crippen molar-refractivity contribution in [1.82, 2.24) is 15.1 Å². The Bertz CT molecular complexity index is 673. The molecule has 23 heavy (non-hydrogen) atoms. The molecule has 6 nitrogen and oxygen atoms in total. The van der Waals surface area contributed by atoms with Gasteiger partial charge in [0.1, 0.15) is 5.82 Å². The number of amides is 1. The molecule has 2 heterocycles. The fraction of sp³-hybridized carbons (Fsp3) is 0.375. The highest BCUT2D eigenvalue weighted by molar-refractivity contribution is 5.91. The summed E-state index contributed by atoms with van der Waals surface area (Å²) in [7, 11) is 0. The van der Waals surface area contributed by atoms with E-state index in [1.165, 1.54) is 18.2 Å². The molecule has 1 aliphatic heterocycles. The molecule has 2 aromatic rings. The smallest absolute Gasteiger partial charge is 0.225 e. The maximum atomic E-state index is 13.6. The van der Waals surface area contributed by atoms with Crippen molar-refractivity contribution in [3.63, 3.8) is 0 Å². The third-order valence-corrected chi connectivity index (χ3v) is 4.16. The standard InChI is InChI=1S/C16H20FN5O/c17-13-4-3-12(18)8-14(13)21-16(23)5-7-22-6-1-2-15(22)11-9-19-20-10-11/h3-4,8-10,15H,1-2,5-7,18H2,(H,19,20)(H,21,23). The topological polar surface area (TPSA) is 87.0 Å². The minimum Gasteiger partial charge on any atom is -0.399 e. The fourth-order valence-electron chi connectivity index (χ4n) is 3.01. The van der Waals surface area contributed by atoms with Gasteiger partial charge in [0.25, 0.3) is 0 Å². The van der Waals surface area contributed by atoms with Crippen molar-refractivity contribution in [2.45, 2.75) is 25.3 Å². The van der Waals surface area contributed by atoms with E-state index in [9.17, 15) is 9.18 Å². The van der Waals surface area contributed by atoms with E-state index in [0.717, 1.165) is 24.9 Å². The lowest BCUT2D eigenvalue weighted by Crippen LogP contribution is -2.27. The zero-order valence-electron chi connectivity index (χ0n) is 12.8. The Labute approximate surface area is 133 Å². The summed E-state index contributed by atoms with van der Waals surface area (Å²) < 4.78 is 13.6. The van der Waals surface area contributed by atoms with Crippen LogP contribution in [-0.2, 0) is 4.79 Å². The predicted molar refractivity (Wildman–Crippen MR) is 86.2 cm³/mol. The first-order valence-corrected chi connectivity index (χ1v) is 7.71. The van der Waals surface area contributed by atoms with E-state index in [0.29, 0.717) is 24.7 Å². The van der Waals surface area contributed by atoms with Crippen LogP contribution < -0.4 is 11.1 Å². The lowest BCUT2D eigenvalue weighted by molar-refractivity contribution is -0.116. The zero-order valence-corrected chi connectivity index (χ0v) is 12.8. The molecule has 1 amide bonds. The molecule has 122 valence electrons. The van der Waals surface area contributed by atoms with Crippen LogP contribution in [0.3, 0.4) is 0 Å². The number of likely N-dealkylation sites (tertiary alicyclic amines) is 1. The normalized spacial score (nSPS) is 18.2. The second kappa shape index (κ2) is 6.78. The van der Waals surface area contributed by atoms with Gasteiger partial charge in [-0.2, -0.15) is 5.10 Å². The van der Waals surface area contributed by atoms with E-state index in [2.05, 4.69) is 20.4 Å². The number of H-pyrrole nitrogens is 1. The summed E-state index contributed by atoms with van der Waals surface area (Å²) in [5.41, 5.74) is 7.30. The van der Waals surface area contributed by atoms with Gasteiger partial charge in [-0.25, -0.2) is 4.39 Å². The molecule has 7 heteroatoms. The number of anilines is 2. The quantitative estimate of drug-likeness (QED) is 0.739. The highest BCUT2D eigenvalue weighted by Gasteiger charge is 2.26. The average molecular weight is 317 g/mol. The summed E-state index contributed by atoms with van der Waals surface area (Å²) >= 11 is 0. The van der Waals surface area contributed by atoms with E-state index in [-0.39, 0.29) is 11.6 Å². The molecule has 1 aromatic heterocycles. The van der Waals surface area contributed by atoms with Gasteiger partial charge in [0.05, 0.1) is 11.9 Å². The summed E-state index contributed by atoms with van der Waals surface area (Å²) in [6.45, 7) is 1.58. The third kappa shape index (κ3) is 3.68. The van der Waals surface area contributed by atoms with E-state index >= 15 is 0 Å². The van der Waals surface area contributed by atoms with E-state index < -0.39 is 5.82 Å². The largest absolute Gasteiger partial charge is 0.399 e. The van der Waals surface area contributed by atoms with Crippen LogP contribution >= 0.6 is 0 Å². The van der Waals surface area contributed by atoms with E-state index in [4.69, 9.17) is 5.73 Å². The van der Waals surface area contributed by atoms with Crippen molar-refractivity contribution in [2.24, 2.45) is 0 Å². The number of hydrogen-bond donors (Lipinski definition) is 3. The molecule has 0 bridgehead atoms. The van der Waals surface area contributed by atoms with Gasteiger partial charge >= 0.3 is 0 Å². The highest BCUT2D eigenvalue weighted by Crippen LogP contribution is 2.31. The summed E-state index contributed by atoms with van der Waals surface area (Å²) in [6, 6.07) is 4.44. The number of nitrogen functional groups attached to an aromatic ring is 1. The molecule has 1 fully saturated rings. The molecule has 4 N–H and O–H groups in total. The Morgan fingerprint density at radius 3 is 3.17 bits per heavy atom. The Morgan fingerprint density at radius 1 is 1.52 bits per heavy atom. The molecule has 1 atom stereocenters. The van der Waals surface area contributed by atoms with Crippen molar-refractivity contribution >= 4 is 17.3 Å². The molecule has 0 saturated carbocycles. The maximum Gasteiger partial charge on any atom is 0.225 e. The summed E-state index contributed by atoms with van der Waals surface area (Å²) in [6.07, 6.45) is 6.19. The second-order valence-corrected chi connectivity index (χ2v) is 5.76. The van der Waals surface area contributed by atoms with Gasteiger partial charge < -0.3 is 11.1 Å². The minimum absolute atomic E-state index is 0.128. The second-order valence-electron chi connectivity index (χ2n) is 5.76. The van der Waals surface area contributed by atoms with Crippen LogP contribution in [-0.4, -0.2) is 34.1 Å². The first-order valence-electron chi connectivity index (χ1n) is 7.71. The average Bonchev–Trinajstić information content (AvgIpc) is 3.19. The molecule has 1 aromatic carbocycles. The van der Waals surface area contributed by atoms with E-state index in [1.807, 2.05) is 12.4 Å². The van der Waals surface area contributed by atoms with Gasteiger partial charge in [0.15, 0.2) is 0 Å². The molecule has 0 radical (unpaired) electrons. The number of aromatic amines is 1. The van der Waals surface area contributed by atoms with Crippen LogP contribution in [0.1, 0.15) is 30.9 Å². The number of rotatable bonds is 5. The zero-order chi connectivity index (χ0) is 16.2. The lowest BCUT2D eigenvalue weighted by Gasteiger charge is -2.23. The van der Waals surface area contributed by atoms with Crippen LogP contribution in [0.25, 0.3) is 0 Å². The summed E-state index contributed by atoms with van der Waals surface area (Å²) in [4.78, 5) is 14.3. The lowest BCUT2D eigenvalue weighted by atomic mass is 10.1. The molecule has 1 unspecified atom stereocenters. The predicted octanol–water partition coefficient (Wildman–Crippen LogP) is 2.30. The van der Waals surface area contributed by atoms with Crippen molar-refractivity contribution in [3.05, 3.63) is 42.0 Å². The van der Waals surface area contributed by atoms with Gasteiger partial charge in [-0.05, 0) is 37.6 Å². The van der Waals surface area contributed by atoms with Crippen molar-refractivity contribution in [1.29, 1.82) is 0 Å². The fourth-order valence-corrected chi connectivity index (χ4v) is 3.01. The SMILES string of the molecule is Nc1ccc(F)c(NC(=O)CCN2CCCC2c2cn[nH]c2)c1. The molecule has 0 spiro atoms. The van der Waals surface area contributed by atoms with Crippen LogP contribution in [0, 0.1) is 5.82 Å². The molecule has 1 aliphatic rings. The Morgan fingerprint density at radius 2 is 2.39 bits per heavy atom. The van der Waals surface area contributed by atoms with E-state index in [1.54, 1.807) is 0 Å². The van der Waals surface area contributed by atoms with Crippen LogP contribution in [0.4, 0.5) is 15.8 Å². The number of carbonyl (C=O) groups excluding carboxylic acids is 1. The Kier molecular flexibility index (Phi) is 4.57. The molecular weight excluding hydrogens is 297 g/mol. The summed E-state index contributed by atoms with van der Waals surface area (Å²) in [5, 5.41) is 9.40. The van der Waals surface area contributed by atoms with Gasteiger partial charge in [0, 0.05) is 36.5 Å². The number of nitrogens with one attached hydrogen (secondary N) is 2. The number of carbonyl (C=O) groups is 1. The minimum atomic E-state index is -0.481. The monoisotopic (exact) mass is 317 g/mol.